The highest BCUT2D eigenvalue weighted by Gasteiger charge is 2.23. The van der Waals surface area contributed by atoms with E-state index >= 15 is 0 Å². The molecular weight excluding hydrogens is 518 g/mol. The quantitative estimate of drug-likeness (QED) is 0.149. The molecule has 1 unspecified atom stereocenters. The highest BCUT2D eigenvalue weighted by molar-refractivity contribution is 5.90. The summed E-state index contributed by atoms with van der Waals surface area (Å²) in [6, 6.07) is 5.72. The first-order valence-electron chi connectivity index (χ1n) is 15.1. The number of benzene rings is 1. The topological polar surface area (TPSA) is 94.2 Å². The average molecular weight is 570 g/mol. The van der Waals surface area contributed by atoms with Crippen molar-refractivity contribution in [2.75, 3.05) is 67.1 Å². The number of imide groups is 1. The molecule has 1 aromatic carbocycles. The second kappa shape index (κ2) is 20.3. The minimum Gasteiger partial charge on any atom is -0.381 e. The lowest BCUT2D eigenvalue weighted by Crippen LogP contribution is -2.44. The molecule has 1 heterocycles. The van der Waals surface area contributed by atoms with Crippen LogP contribution >= 0.6 is 0 Å². The van der Waals surface area contributed by atoms with Crippen LogP contribution in [0.15, 0.2) is 18.2 Å². The van der Waals surface area contributed by atoms with E-state index < -0.39 is 6.04 Å². The predicted octanol–water partition coefficient (Wildman–Crippen LogP) is 2.53. The van der Waals surface area contributed by atoms with Gasteiger partial charge >= 0.3 is 0 Å². The fourth-order valence-corrected chi connectivity index (χ4v) is 5.24. The Hall–Kier alpha value is -2.61. The van der Waals surface area contributed by atoms with Gasteiger partial charge in [-0.1, -0.05) is 37.3 Å². The van der Waals surface area contributed by atoms with Gasteiger partial charge in [0, 0.05) is 63.0 Å². The van der Waals surface area contributed by atoms with Gasteiger partial charge in [-0.15, -0.1) is 0 Å². The zero-order valence-corrected chi connectivity index (χ0v) is 25.6. The van der Waals surface area contributed by atoms with Crippen LogP contribution in [0.3, 0.4) is 0 Å². The Morgan fingerprint density at radius 1 is 1.17 bits per heavy atom. The summed E-state index contributed by atoms with van der Waals surface area (Å²) in [5, 5.41) is 5.64. The van der Waals surface area contributed by atoms with Crippen molar-refractivity contribution >= 4 is 18.6 Å². The van der Waals surface area contributed by atoms with Crippen molar-refractivity contribution in [1.82, 2.24) is 25.3 Å². The van der Waals surface area contributed by atoms with E-state index in [0.717, 1.165) is 69.5 Å². The predicted molar refractivity (Wildman–Crippen MR) is 164 cm³/mol. The number of carbonyl (C=O) groups excluding carboxylic acids is 3. The summed E-state index contributed by atoms with van der Waals surface area (Å²) >= 11 is 0. The van der Waals surface area contributed by atoms with Gasteiger partial charge in [0.05, 0.1) is 6.04 Å². The number of nitrogens with one attached hydrogen (secondary N) is 2. The largest absolute Gasteiger partial charge is 0.381 e. The summed E-state index contributed by atoms with van der Waals surface area (Å²) in [6.07, 6.45) is 7.90. The first kappa shape index (κ1) is 34.6. The van der Waals surface area contributed by atoms with Crippen LogP contribution in [-0.4, -0.2) is 112 Å². The molecule has 1 saturated heterocycles. The minimum absolute atomic E-state index is 0.338. The van der Waals surface area contributed by atoms with E-state index in [9.17, 15) is 14.4 Å². The van der Waals surface area contributed by atoms with Gasteiger partial charge in [0.1, 0.15) is 6.29 Å². The number of likely N-dealkylation sites (tertiary alicyclic amines) is 1. The van der Waals surface area contributed by atoms with E-state index in [1.807, 2.05) is 31.0 Å². The highest BCUT2D eigenvalue weighted by Crippen LogP contribution is 2.18. The fourth-order valence-electron chi connectivity index (χ4n) is 5.24. The van der Waals surface area contributed by atoms with E-state index in [4.69, 9.17) is 4.74 Å². The van der Waals surface area contributed by atoms with Crippen LogP contribution in [0.5, 0.6) is 0 Å². The molecule has 41 heavy (non-hydrogen) atoms. The van der Waals surface area contributed by atoms with Crippen molar-refractivity contribution in [3.05, 3.63) is 34.9 Å². The van der Waals surface area contributed by atoms with Crippen LogP contribution < -0.4 is 10.6 Å². The van der Waals surface area contributed by atoms with Gasteiger partial charge in [0.15, 0.2) is 0 Å². The standard InChI is InChI=1S/C32H51N5O4/c1-5-11-31(32(40)34-26-39)36(4)24-30-27(13-8-14-28(30)25-38)12-6-7-17-35(3)18-9-22-41-23-10-19-37-20-15-29(33-2)16-21-37/h8,13-14,25-26,29,31,33H,5,7,9-11,15-24H2,1-4H3,(H,34,39,40). The molecule has 0 aliphatic carbocycles. The molecule has 0 bridgehead atoms. The van der Waals surface area contributed by atoms with Gasteiger partial charge in [-0.3, -0.25) is 24.6 Å². The third-order valence-electron chi connectivity index (χ3n) is 7.77. The van der Waals surface area contributed by atoms with Crippen LogP contribution in [-0.2, 0) is 20.9 Å². The minimum atomic E-state index is -0.468. The normalized spacial score (nSPS) is 15.0. The molecule has 1 aliphatic rings. The maximum atomic E-state index is 12.4. The van der Waals surface area contributed by atoms with Gasteiger partial charge in [-0.2, -0.15) is 0 Å². The second-order valence-electron chi connectivity index (χ2n) is 10.9. The van der Waals surface area contributed by atoms with E-state index in [1.165, 1.54) is 25.9 Å². The van der Waals surface area contributed by atoms with Crippen LogP contribution in [0.1, 0.15) is 73.4 Å². The third-order valence-corrected chi connectivity index (χ3v) is 7.77. The van der Waals surface area contributed by atoms with Gasteiger partial charge in [0.2, 0.25) is 12.3 Å². The van der Waals surface area contributed by atoms with Crippen LogP contribution in [0.4, 0.5) is 0 Å². The number of ether oxygens (including phenoxy) is 1. The van der Waals surface area contributed by atoms with E-state index in [1.54, 1.807) is 6.07 Å². The molecule has 1 fully saturated rings. The lowest BCUT2D eigenvalue weighted by molar-refractivity contribution is -0.129. The molecule has 9 heteroatoms. The molecule has 2 N–H and O–H groups in total. The van der Waals surface area contributed by atoms with Gasteiger partial charge in [-0.05, 0) is 78.0 Å². The molecular formula is C32H51N5O4. The smallest absolute Gasteiger partial charge is 0.243 e. The zero-order chi connectivity index (χ0) is 29.9. The van der Waals surface area contributed by atoms with Crippen molar-refractivity contribution in [2.24, 2.45) is 0 Å². The first-order chi connectivity index (χ1) is 19.9. The van der Waals surface area contributed by atoms with Gasteiger partial charge in [0.25, 0.3) is 0 Å². The number of likely N-dealkylation sites (N-methyl/N-ethyl adjacent to an activating group) is 1. The van der Waals surface area contributed by atoms with E-state index in [2.05, 4.69) is 46.4 Å². The Balaban J connectivity index is 1.74. The van der Waals surface area contributed by atoms with Crippen LogP contribution in [0, 0.1) is 11.8 Å². The Morgan fingerprint density at radius 2 is 1.93 bits per heavy atom. The summed E-state index contributed by atoms with van der Waals surface area (Å²) < 4.78 is 5.86. The van der Waals surface area contributed by atoms with Gasteiger partial charge < -0.3 is 19.9 Å². The summed E-state index contributed by atoms with van der Waals surface area (Å²) in [7, 11) is 5.98. The number of piperidine rings is 1. The Kier molecular flexibility index (Phi) is 17.1. The maximum Gasteiger partial charge on any atom is 0.243 e. The molecule has 9 nitrogen and oxygen atoms in total. The number of aldehydes is 1. The summed E-state index contributed by atoms with van der Waals surface area (Å²) in [5.41, 5.74) is 2.14. The SMILES string of the molecule is CCCC(C(=O)NC=O)N(C)Cc1c(C#CCCN(C)CCCOCCCN2CCC(NC)CC2)cccc1C=O. The fraction of sp³-hybridized carbons (Fsp3) is 0.656. The number of amides is 2. The van der Waals surface area contributed by atoms with Crippen molar-refractivity contribution in [1.29, 1.82) is 0 Å². The van der Waals surface area contributed by atoms with Crippen molar-refractivity contribution in [2.45, 2.75) is 70.5 Å². The number of carbonyl (C=O) groups is 3. The van der Waals surface area contributed by atoms with Crippen molar-refractivity contribution in [3.8, 4) is 11.8 Å². The molecule has 0 aromatic heterocycles. The number of hydrogen-bond donors (Lipinski definition) is 2. The third kappa shape index (κ3) is 12.8. The second-order valence-corrected chi connectivity index (χ2v) is 10.9. The summed E-state index contributed by atoms with van der Waals surface area (Å²) in [4.78, 5) is 41.7. The Labute approximate surface area is 247 Å². The highest BCUT2D eigenvalue weighted by atomic mass is 16.5. The number of rotatable bonds is 19. The maximum absolute atomic E-state index is 12.4. The van der Waals surface area contributed by atoms with Crippen molar-refractivity contribution in [3.63, 3.8) is 0 Å². The number of nitrogens with zero attached hydrogens (tertiary/aromatic N) is 3. The summed E-state index contributed by atoms with van der Waals surface area (Å²) in [6.45, 7) is 9.26. The Morgan fingerprint density at radius 3 is 2.61 bits per heavy atom. The number of hydrogen-bond acceptors (Lipinski definition) is 8. The molecule has 2 rings (SSSR count). The molecule has 0 saturated carbocycles. The van der Waals surface area contributed by atoms with E-state index in [0.29, 0.717) is 37.4 Å². The monoisotopic (exact) mass is 569 g/mol. The van der Waals surface area contributed by atoms with Crippen LogP contribution in [0.2, 0.25) is 0 Å². The lowest BCUT2D eigenvalue weighted by atomic mass is 10.00. The average Bonchev–Trinajstić information content (AvgIpc) is 2.98. The molecule has 2 amide bonds. The first-order valence-corrected chi connectivity index (χ1v) is 15.1. The molecule has 0 radical (unpaired) electrons. The van der Waals surface area contributed by atoms with E-state index in [-0.39, 0.29) is 5.91 Å². The lowest BCUT2D eigenvalue weighted by Gasteiger charge is -2.31. The molecule has 1 aromatic rings. The van der Waals surface area contributed by atoms with Crippen molar-refractivity contribution < 1.29 is 19.1 Å². The zero-order valence-electron chi connectivity index (χ0n) is 25.6. The molecule has 1 aliphatic heterocycles. The van der Waals surface area contributed by atoms with Gasteiger partial charge in [-0.25, -0.2) is 0 Å². The van der Waals surface area contributed by atoms with Crippen LogP contribution in [0.25, 0.3) is 0 Å². The molecule has 1 atom stereocenters. The molecule has 0 spiro atoms. The Bertz CT molecular complexity index is 984. The molecule has 228 valence electrons. The summed E-state index contributed by atoms with van der Waals surface area (Å²) in [5.74, 6) is 6.17.